The van der Waals surface area contributed by atoms with Crippen molar-refractivity contribution in [2.24, 2.45) is 0 Å². The summed E-state index contributed by atoms with van der Waals surface area (Å²) in [5.41, 5.74) is 2.94. The lowest BCUT2D eigenvalue weighted by molar-refractivity contribution is -0.140. The van der Waals surface area contributed by atoms with E-state index >= 15 is 0 Å². The fourth-order valence-electron chi connectivity index (χ4n) is 5.68. The van der Waals surface area contributed by atoms with E-state index in [2.05, 4.69) is 5.32 Å². The van der Waals surface area contributed by atoms with Crippen molar-refractivity contribution in [3.63, 3.8) is 0 Å². The third kappa shape index (κ3) is 8.32. The van der Waals surface area contributed by atoms with E-state index < -0.39 is 28.5 Å². The maximum absolute atomic E-state index is 14.5. The number of nitrogens with one attached hydrogen (secondary N) is 1. The van der Waals surface area contributed by atoms with Crippen molar-refractivity contribution in [2.45, 2.75) is 62.6 Å². The van der Waals surface area contributed by atoms with Crippen LogP contribution in [0.2, 0.25) is 5.02 Å². The van der Waals surface area contributed by atoms with Crippen LogP contribution in [-0.4, -0.2) is 43.8 Å². The van der Waals surface area contributed by atoms with Gasteiger partial charge in [-0.15, -0.1) is 0 Å². The number of carbonyl (C=O) groups is 2. The van der Waals surface area contributed by atoms with Crippen molar-refractivity contribution >= 4 is 39.1 Å². The zero-order chi connectivity index (χ0) is 31.8. The first-order valence-corrected chi connectivity index (χ1v) is 17.1. The molecule has 4 aromatic carbocycles. The van der Waals surface area contributed by atoms with Gasteiger partial charge in [-0.05, 0) is 67.3 Å². The van der Waals surface area contributed by atoms with Gasteiger partial charge >= 0.3 is 0 Å². The highest BCUT2D eigenvalue weighted by molar-refractivity contribution is 7.92. The van der Waals surface area contributed by atoms with Gasteiger partial charge < -0.3 is 10.2 Å². The predicted molar refractivity (Wildman–Crippen MR) is 178 cm³/mol. The minimum absolute atomic E-state index is 0.0527. The molecular weight excluding hydrogens is 606 g/mol. The van der Waals surface area contributed by atoms with E-state index in [1.807, 2.05) is 67.6 Å². The third-order valence-electron chi connectivity index (χ3n) is 8.17. The summed E-state index contributed by atoms with van der Waals surface area (Å²) in [6, 6.07) is 31.1. The number of amides is 2. The molecule has 0 radical (unpaired) electrons. The van der Waals surface area contributed by atoms with Gasteiger partial charge in [0.2, 0.25) is 11.8 Å². The second-order valence-electron chi connectivity index (χ2n) is 11.5. The molecule has 2 amide bonds. The van der Waals surface area contributed by atoms with Gasteiger partial charge in [-0.2, -0.15) is 0 Å². The van der Waals surface area contributed by atoms with Crippen molar-refractivity contribution in [1.29, 1.82) is 0 Å². The van der Waals surface area contributed by atoms with Crippen LogP contribution >= 0.6 is 11.6 Å². The zero-order valence-corrected chi connectivity index (χ0v) is 26.9. The number of anilines is 1. The lowest BCUT2D eigenvalue weighted by Crippen LogP contribution is -2.54. The van der Waals surface area contributed by atoms with Crippen LogP contribution < -0.4 is 9.62 Å². The summed E-state index contributed by atoms with van der Waals surface area (Å²) in [5, 5.41) is 3.63. The summed E-state index contributed by atoms with van der Waals surface area (Å²) in [5.74, 6) is -0.735. The van der Waals surface area contributed by atoms with E-state index in [1.165, 1.54) is 17.0 Å². The number of hydrogen-bond donors (Lipinski definition) is 1. The first kappa shape index (κ1) is 32.3. The summed E-state index contributed by atoms with van der Waals surface area (Å²) in [4.78, 5) is 30.1. The van der Waals surface area contributed by atoms with E-state index in [1.54, 1.807) is 36.4 Å². The molecule has 7 nitrogen and oxygen atoms in total. The molecule has 1 saturated carbocycles. The van der Waals surface area contributed by atoms with Gasteiger partial charge in [0.05, 0.1) is 10.6 Å². The molecule has 0 heterocycles. The molecule has 1 aliphatic rings. The lowest BCUT2D eigenvalue weighted by Gasteiger charge is -2.34. The molecular formula is C36H38ClN3O4S. The van der Waals surface area contributed by atoms with Crippen molar-refractivity contribution in [3.05, 3.63) is 131 Å². The number of hydrogen-bond acceptors (Lipinski definition) is 4. The molecule has 0 spiro atoms. The summed E-state index contributed by atoms with van der Waals surface area (Å²) in [7, 11) is -4.17. The molecule has 1 atom stereocenters. The molecule has 0 aliphatic heterocycles. The molecule has 0 saturated heterocycles. The van der Waals surface area contributed by atoms with Crippen LogP contribution in [-0.2, 0) is 32.6 Å². The number of sulfonamides is 1. The van der Waals surface area contributed by atoms with E-state index in [-0.39, 0.29) is 29.8 Å². The first-order chi connectivity index (χ1) is 21.7. The summed E-state index contributed by atoms with van der Waals surface area (Å²) in [6.45, 7) is 1.50. The highest BCUT2D eigenvalue weighted by Gasteiger charge is 2.35. The minimum atomic E-state index is -4.17. The largest absolute Gasteiger partial charge is 0.352 e. The summed E-state index contributed by atoms with van der Waals surface area (Å²) < 4.78 is 29.3. The fraction of sp³-hybridized carbons (Fsp3) is 0.278. The monoisotopic (exact) mass is 643 g/mol. The molecule has 1 aliphatic carbocycles. The van der Waals surface area contributed by atoms with Gasteiger partial charge in [0.1, 0.15) is 12.6 Å². The third-order valence-corrected chi connectivity index (χ3v) is 10.2. The molecule has 1 fully saturated rings. The fourth-order valence-corrected chi connectivity index (χ4v) is 7.22. The second-order valence-corrected chi connectivity index (χ2v) is 13.8. The zero-order valence-electron chi connectivity index (χ0n) is 25.3. The Balaban J connectivity index is 1.55. The Labute approximate surface area is 270 Å². The Kier molecular flexibility index (Phi) is 10.6. The van der Waals surface area contributed by atoms with Crippen LogP contribution in [0.1, 0.15) is 42.4 Å². The van der Waals surface area contributed by atoms with Crippen molar-refractivity contribution in [3.8, 4) is 0 Å². The van der Waals surface area contributed by atoms with Crippen LogP contribution in [0, 0.1) is 6.92 Å². The molecule has 0 bridgehead atoms. The topological polar surface area (TPSA) is 86.8 Å². The Morgan fingerprint density at radius 3 is 2.00 bits per heavy atom. The number of benzene rings is 4. The second kappa shape index (κ2) is 14.8. The molecule has 0 aromatic heterocycles. The Morgan fingerprint density at radius 1 is 0.822 bits per heavy atom. The predicted octanol–water partition coefficient (Wildman–Crippen LogP) is 6.54. The van der Waals surface area contributed by atoms with E-state index in [4.69, 9.17) is 11.6 Å². The molecule has 1 N–H and O–H groups in total. The Morgan fingerprint density at radius 2 is 1.40 bits per heavy atom. The Bertz CT molecular complexity index is 1680. The van der Waals surface area contributed by atoms with Crippen LogP contribution in [0.5, 0.6) is 0 Å². The van der Waals surface area contributed by atoms with Crippen LogP contribution in [0.25, 0.3) is 0 Å². The quantitative estimate of drug-likeness (QED) is 0.190. The Hall–Kier alpha value is -4.14. The first-order valence-electron chi connectivity index (χ1n) is 15.2. The van der Waals surface area contributed by atoms with Crippen molar-refractivity contribution < 1.29 is 18.0 Å². The molecule has 4 aromatic rings. The number of halogens is 1. The summed E-state index contributed by atoms with van der Waals surface area (Å²) in [6.07, 6.45) is 4.18. The van der Waals surface area contributed by atoms with Gasteiger partial charge in [-0.1, -0.05) is 103 Å². The number of rotatable bonds is 12. The van der Waals surface area contributed by atoms with Crippen molar-refractivity contribution in [2.75, 3.05) is 10.8 Å². The van der Waals surface area contributed by atoms with Gasteiger partial charge in [-0.25, -0.2) is 8.42 Å². The maximum atomic E-state index is 14.5. The summed E-state index contributed by atoms with van der Waals surface area (Å²) >= 11 is 6.15. The average Bonchev–Trinajstić information content (AvgIpc) is 3.56. The smallest absolute Gasteiger partial charge is 0.264 e. The highest BCUT2D eigenvalue weighted by Crippen LogP contribution is 2.27. The normalized spacial score (nSPS) is 14.1. The van der Waals surface area contributed by atoms with Crippen LogP contribution in [0.15, 0.2) is 114 Å². The minimum Gasteiger partial charge on any atom is -0.352 e. The number of nitrogens with zero attached hydrogens (tertiary/aromatic N) is 2. The molecule has 0 unspecified atom stereocenters. The van der Waals surface area contributed by atoms with Gasteiger partial charge in [-0.3, -0.25) is 13.9 Å². The molecule has 45 heavy (non-hydrogen) atoms. The van der Waals surface area contributed by atoms with E-state index in [0.29, 0.717) is 10.7 Å². The van der Waals surface area contributed by atoms with Crippen LogP contribution in [0.4, 0.5) is 5.69 Å². The number of carbonyl (C=O) groups excluding carboxylic acids is 2. The van der Waals surface area contributed by atoms with Gasteiger partial charge in [0, 0.05) is 24.0 Å². The lowest BCUT2D eigenvalue weighted by atomic mass is 10.0. The van der Waals surface area contributed by atoms with Crippen molar-refractivity contribution in [1.82, 2.24) is 10.2 Å². The van der Waals surface area contributed by atoms with E-state index in [0.717, 1.165) is 46.7 Å². The highest BCUT2D eigenvalue weighted by atomic mass is 35.5. The average molecular weight is 644 g/mol. The molecule has 9 heteroatoms. The maximum Gasteiger partial charge on any atom is 0.264 e. The molecule has 234 valence electrons. The number of aryl methyl sites for hydroxylation is 1. The van der Waals surface area contributed by atoms with Gasteiger partial charge in [0.15, 0.2) is 0 Å². The van der Waals surface area contributed by atoms with Crippen LogP contribution in [0.3, 0.4) is 0 Å². The standard InChI is InChI=1S/C36H38ClN3O4S/c1-27-16-22-33(23-17-27)45(43,44)40(32-20-18-30(37)19-21-32)26-35(41)39(25-29-12-6-3-7-13-29)34(24-28-10-4-2-5-11-28)36(42)38-31-14-8-9-15-31/h2-7,10-13,16-23,31,34H,8-9,14-15,24-26H2,1H3,(H,38,42)/t34-/m0/s1. The van der Waals surface area contributed by atoms with Gasteiger partial charge in [0.25, 0.3) is 10.0 Å². The molecule has 5 rings (SSSR count). The van der Waals surface area contributed by atoms with E-state index in [9.17, 15) is 18.0 Å². The SMILES string of the molecule is Cc1ccc(S(=O)(=O)N(CC(=O)N(Cc2ccccc2)[C@@H](Cc2ccccc2)C(=O)NC2CCCC2)c2ccc(Cl)cc2)cc1.